The van der Waals surface area contributed by atoms with E-state index in [1.54, 1.807) is 6.07 Å². The molecule has 2 rings (SSSR count). The number of pyridine rings is 1. The third-order valence-electron chi connectivity index (χ3n) is 2.61. The lowest BCUT2D eigenvalue weighted by atomic mass is 10.1. The van der Waals surface area contributed by atoms with Crippen molar-refractivity contribution in [3.05, 3.63) is 64.1 Å². The number of hydrogen-bond acceptors (Lipinski definition) is 2. The predicted octanol–water partition coefficient (Wildman–Crippen LogP) is 2.55. The lowest BCUT2D eigenvalue weighted by molar-refractivity contribution is -0.138. The van der Waals surface area contributed by atoms with Crippen LogP contribution in [-0.2, 0) is 6.18 Å². The van der Waals surface area contributed by atoms with E-state index >= 15 is 0 Å². The molecule has 0 aliphatic heterocycles. The Kier molecular flexibility index (Phi) is 3.35. The zero-order valence-electron chi connectivity index (χ0n) is 9.89. The Morgan fingerprint density at radius 2 is 1.75 bits per heavy atom. The van der Waals surface area contributed by atoms with Crippen molar-refractivity contribution in [2.24, 2.45) is 0 Å². The summed E-state index contributed by atoms with van der Waals surface area (Å²) < 4.78 is 38.9. The molecule has 0 amide bonds. The van der Waals surface area contributed by atoms with E-state index in [9.17, 15) is 22.8 Å². The molecular weight excluding hydrogens is 275 g/mol. The first-order valence-corrected chi connectivity index (χ1v) is 5.43. The van der Waals surface area contributed by atoms with Crippen molar-refractivity contribution in [2.45, 2.75) is 6.18 Å². The topological polar surface area (TPSA) is 59.3 Å². The van der Waals surface area contributed by atoms with Crippen LogP contribution in [0.5, 0.6) is 0 Å². The van der Waals surface area contributed by atoms with E-state index in [1.165, 1.54) is 24.3 Å². The van der Waals surface area contributed by atoms with E-state index in [1.807, 2.05) is 0 Å². The lowest BCUT2D eigenvalue weighted by Crippen LogP contribution is -2.27. The Hall–Kier alpha value is -2.57. The van der Waals surface area contributed by atoms with Crippen LogP contribution in [0.3, 0.4) is 0 Å². The highest BCUT2D eigenvalue weighted by Gasteiger charge is 2.33. The average Bonchev–Trinajstić information content (AvgIpc) is 2.38. The smallest absolute Gasteiger partial charge is 0.417 e. The molecule has 1 N–H and O–H groups in total. The summed E-state index contributed by atoms with van der Waals surface area (Å²) in [5.41, 5.74) is -2.98. The highest BCUT2D eigenvalue weighted by atomic mass is 19.4. The molecule has 1 aromatic heterocycles. The number of alkyl halides is 3. The van der Waals surface area contributed by atoms with Crippen molar-refractivity contribution in [1.82, 2.24) is 4.57 Å². The monoisotopic (exact) mass is 283 g/mol. The second kappa shape index (κ2) is 4.84. The third-order valence-corrected chi connectivity index (χ3v) is 2.61. The van der Waals surface area contributed by atoms with Crippen molar-refractivity contribution < 1.29 is 23.1 Å². The summed E-state index contributed by atoms with van der Waals surface area (Å²) in [6.45, 7) is 0. The zero-order valence-corrected chi connectivity index (χ0v) is 9.89. The number of rotatable bonds is 2. The predicted molar refractivity (Wildman–Crippen MR) is 64.0 cm³/mol. The van der Waals surface area contributed by atoms with Gasteiger partial charge in [0.05, 0.1) is 5.56 Å². The number of carbonyl (C=O) groups is 1. The molecule has 2 aromatic rings. The van der Waals surface area contributed by atoms with Crippen molar-refractivity contribution in [3.8, 4) is 5.69 Å². The minimum Gasteiger partial charge on any atom is -0.477 e. The number of aromatic carboxylic acids is 1. The largest absolute Gasteiger partial charge is 0.477 e. The van der Waals surface area contributed by atoms with Gasteiger partial charge in [0.15, 0.2) is 0 Å². The van der Waals surface area contributed by atoms with E-state index < -0.39 is 28.8 Å². The molecule has 20 heavy (non-hydrogen) atoms. The second-order valence-electron chi connectivity index (χ2n) is 3.96. The Labute approximate surface area is 110 Å². The molecule has 0 aliphatic carbocycles. The van der Waals surface area contributed by atoms with Crippen LogP contribution in [0.25, 0.3) is 5.69 Å². The van der Waals surface area contributed by atoms with Crippen molar-refractivity contribution in [1.29, 1.82) is 0 Å². The fourth-order valence-corrected chi connectivity index (χ4v) is 1.67. The van der Waals surface area contributed by atoms with Crippen LogP contribution in [-0.4, -0.2) is 15.6 Å². The lowest BCUT2D eigenvalue weighted by Gasteiger charge is -2.12. The minimum atomic E-state index is -4.74. The van der Waals surface area contributed by atoms with Gasteiger partial charge in [-0.2, -0.15) is 13.2 Å². The quantitative estimate of drug-likeness (QED) is 0.921. The summed E-state index contributed by atoms with van der Waals surface area (Å²) in [5, 5.41) is 8.85. The highest BCUT2D eigenvalue weighted by molar-refractivity contribution is 5.87. The number of carboxylic acids is 1. The van der Waals surface area contributed by atoms with Crippen LogP contribution in [0.1, 0.15) is 15.9 Å². The summed E-state index contributed by atoms with van der Waals surface area (Å²) in [5.74, 6) is -1.70. The van der Waals surface area contributed by atoms with Gasteiger partial charge in [0.25, 0.3) is 5.56 Å². The second-order valence-corrected chi connectivity index (χ2v) is 3.96. The maximum Gasteiger partial charge on any atom is 0.417 e. The Morgan fingerprint density at radius 1 is 1.15 bits per heavy atom. The van der Waals surface area contributed by atoms with Gasteiger partial charge in [-0.05, 0) is 18.2 Å². The number of halogens is 3. The van der Waals surface area contributed by atoms with Gasteiger partial charge in [-0.3, -0.25) is 9.36 Å². The molecule has 1 heterocycles. The van der Waals surface area contributed by atoms with Gasteiger partial charge >= 0.3 is 12.1 Å². The Balaban J connectivity index is 2.77. The van der Waals surface area contributed by atoms with Crippen molar-refractivity contribution in [3.63, 3.8) is 0 Å². The first-order chi connectivity index (χ1) is 9.30. The summed E-state index contributed by atoms with van der Waals surface area (Å²) >= 11 is 0. The van der Waals surface area contributed by atoms with Gasteiger partial charge in [0, 0.05) is 11.9 Å². The van der Waals surface area contributed by atoms with Crippen LogP contribution in [0.4, 0.5) is 13.2 Å². The molecule has 0 radical (unpaired) electrons. The molecule has 0 unspecified atom stereocenters. The molecular formula is C13H8F3NO3. The molecule has 0 atom stereocenters. The normalized spacial score (nSPS) is 11.3. The standard InChI is InChI=1S/C13H8F3NO3/c14-13(15,16)8-6-10(12(19)20)11(18)17(7-8)9-4-2-1-3-5-9/h1-7H,(H,19,20). The molecule has 7 heteroatoms. The van der Waals surface area contributed by atoms with Crippen molar-refractivity contribution >= 4 is 5.97 Å². The Morgan fingerprint density at radius 3 is 2.25 bits per heavy atom. The van der Waals surface area contributed by atoms with Gasteiger partial charge in [-0.25, -0.2) is 4.79 Å². The van der Waals surface area contributed by atoms with E-state index in [0.717, 1.165) is 0 Å². The number of hydrogen-bond donors (Lipinski definition) is 1. The molecule has 0 spiro atoms. The molecule has 1 aromatic carbocycles. The first kappa shape index (κ1) is 13.9. The van der Waals surface area contributed by atoms with Gasteiger partial charge in [-0.1, -0.05) is 18.2 Å². The zero-order chi connectivity index (χ0) is 14.9. The van der Waals surface area contributed by atoms with E-state index in [0.29, 0.717) is 16.8 Å². The van der Waals surface area contributed by atoms with Gasteiger partial charge in [-0.15, -0.1) is 0 Å². The fraction of sp³-hybridized carbons (Fsp3) is 0.0769. The third kappa shape index (κ3) is 2.56. The first-order valence-electron chi connectivity index (χ1n) is 5.43. The average molecular weight is 283 g/mol. The molecule has 0 bridgehead atoms. The number of carboxylic acid groups (broad SMARTS) is 1. The van der Waals surface area contributed by atoms with Crippen LogP contribution < -0.4 is 5.56 Å². The molecule has 104 valence electrons. The Bertz CT molecular complexity index is 705. The van der Waals surface area contributed by atoms with Gasteiger partial charge in [0.2, 0.25) is 0 Å². The minimum absolute atomic E-state index is 0.158. The van der Waals surface area contributed by atoms with Crippen LogP contribution >= 0.6 is 0 Å². The van der Waals surface area contributed by atoms with Crippen molar-refractivity contribution in [2.75, 3.05) is 0 Å². The van der Waals surface area contributed by atoms with E-state index in [-0.39, 0.29) is 5.69 Å². The van der Waals surface area contributed by atoms with Crippen LogP contribution in [0.2, 0.25) is 0 Å². The summed E-state index contributed by atoms with van der Waals surface area (Å²) in [6.07, 6.45) is -4.15. The van der Waals surface area contributed by atoms with Gasteiger partial charge in [0.1, 0.15) is 5.56 Å². The molecule has 0 aliphatic rings. The molecule has 0 saturated heterocycles. The molecule has 4 nitrogen and oxygen atoms in total. The maximum atomic E-state index is 12.8. The SMILES string of the molecule is O=C(O)c1cc(C(F)(F)F)cn(-c2ccccc2)c1=O. The number of para-hydroxylation sites is 1. The van der Waals surface area contributed by atoms with Crippen LogP contribution in [0, 0.1) is 0 Å². The van der Waals surface area contributed by atoms with E-state index in [4.69, 9.17) is 5.11 Å². The highest BCUT2D eigenvalue weighted by Crippen LogP contribution is 2.29. The number of nitrogens with zero attached hydrogens (tertiary/aromatic N) is 1. The van der Waals surface area contributed by atoms with Crippen LogP contribution in [0.15, 0.2) is 47.4 Å². The molecule has 0 saturated carbocycles. The summed E-state index contributed by atoms with van der Waals surface area (Å²) in [7, 11) is 0. The van der Waals surface area contributed by atoms with E-state index in [2.05, 4.69) is 0 Å². The summed E-state index contributed by atoms with van der Waals surface area (Å²) in [6, 6.07) is 7.84. The maximum absolute atomic E-state index is 12.8. The summed E-state index contributed by atoms with van der Waals surface area (Å²) in [4.78, 5) is 22.8. The van der Waals surface area contributed by atoms with Gasteiger partial charge < -0.3 is 5.11 Å². The fourth-order valence-electron chi connectivity index (χ4n) is 1.67. The molecule has 0 fully saturated rings. The number of aromatic nitrogens is 1. The number of benzene rings is 1.